The Hall–Kier alpha value is -0.0500. The van der Waals surface area contributed by atoms with E-state index in [1.165, 1.54) is 16.7 Å². The van der Waals surface area contributed by atoms with Gasteiger partial charge >= 0.3 is 29.6 Å². The van der Waals surface area contributed by atoms with E-state index >= 15 is 0 Å². The number of amides is 1. The number of hydrogen-bond acceptors (Lipinski definition) is 6. The van der Waals surface area contributed by atoms with E-state index in [-0.39, 0.29) is 47.2 Å². The number of aliphatic carboxylic acids is 1. The molecule has 1 N–H and O–H groups in total. The molecule has 1 saturated heterocycles. The van der Waals surface area contributed by atoms with E-state index in [1.807, 2.05) is 6.92 Å². The summed E-state index contributed by atoms with van der Waals surface area (Å²) in [6.45, 7) is 6.18. The average Bonchev–Trinajstić information content (AvgIpc) is 2.67. The molecule has 2 heterocycles. The van der Waals surface area contributed by atoms with Gasteiger partial charge in [0.15, 0.2) is 0 Å². The van der Waals surface area contributed by atoms with Crippen LogP contribution in [0.25, 0.3) is 0 Å². The maximum atomic E-state index is 12.1. The Kier molecular flexibility index (Phi) is 6.98. The average molecular weight is 337 g/mol. The minimum Gasteiger partial charge on any atom is -0.543 e. The molecular formula is C14H20NNaO5S. The van der Waals surface area contributed by atoms with Crippen LogP contribution in [0.2, 0.25) is 0 Å². The van der Waals surface area contributed by atoms with E-state index in [2.05, 4.69) is 0 Å². The number of fused-ring (bicyclic) bond motifs is 1. The summed E-state index contributed by atoms with van der Waals surface area (Å²) in [4.78, 5) is 25.4. The Morgan fingerprint density at radius 1 is 1.55 bits per heavy atom. The summed E-state index contributed by atoms with van der Waals surface area (Å²) >= 11 is 1.38. The standard InChI is InChI=1S/C14H21NO5S.Na/c1-4-20-5-6-21-9-7-8-10(14(2,3)19)12(16)15(8)11(9)13(17)18;/h8,10,19H,4-7H2,1-3H3,(H,17,18);/q;+1/p-1. The summed E-state index contributed by atoms with van der Waals surface area (Å²) in [5.74, 6) is -1.61. The van der Waals surface area contributed by atoms with Crippen LogP contribution in [0.3, 0.4) is 0 Å². The molecule has 2 rings (SSSR count). The Morgan fingerprint density at radius 2 is 2.18 bits per heavy atom. The number of thioether (sulfide) groups is 1. The zero-order valence-electron chi connectivity index (χ0n) is 13.4. The van der Waals surface area contributed by atoms with Crippen LogP contribution in [-0.2, 0) is 14.3 Å². The fourth-order valence-corrected chi connectivity index (χ4v) is 3.99. The Labute approximate surface area is 156 Å². The smallest absolute Gasteiger partial charge is 0.543 e. The molecule has 1 fully saturated rings. The number of β-lactam (4-membered cyclic amide) rings is 1. The molecule has 0 saturated carbocycles. The molecular weight excluding hydrogens is 317 g/mol. The van der Waals surface area contributed by atoms with Crippen LogP contribution in [0.4, 0.5) is 0 Å². The summed E-state index contributed by atoms with van der Waals surface area (Å²) in [6.07, 6.45) is 0.459. The normalized spacial score (nSPS) is 24.0. The van der Waals surface area contributed by atoms with Crippen molar-refractivity contribution in [2.45, 2.75) is 38.8 Å². The van der Waals surface area contributed by atoms with Crippen LogP contribution in [0.1, 0.15) is 27.2 Å². The molecule has 2 aliphatic heterocycles. The topological polar surface area (TPSA) is 89.9 Å². The van der Waals surface area contributed by atoms with Gasteiger partial charge in [-0.15, -0.1) is 11.8 Å². The second-order valence-electron chi connectivity index (χ2n) is 5.72. The maximum absolute atomic E-state index is 12.1. The van der Waals surface area contributed by atoms with Crippen LogP contribution in [0.15, 0.2) is 10.6 Å². The molecule has 6 nitrogen and oxygen atoms in total. The molecule has 0 radical (unpaired) electrons. The molecule has 22 heavy (non-hydrogen) atoms. The molecule has 2 aliphatic rings. The van der Waals surface area contributed by atoms with Crippen LogP contribution in [0.5, 0.6) is 0 Å². The van der Waals surface area contributed by atoms with Gasteiger partial charge in [-0.25, -0.2) is 0 Å². The third-order valence-corrected chi connectivity index (χ3v) is 4.86. The van der Waals surface area contributed by atoms with Gasteiger partial charge in [0.05, 0.1) is 35.8 Å². The zero-order chi connectivity index (χ0) is 15.8. The SMILES string of the molecule is CCOCCSC1=C(C(=O)[O-])N2C(=O)C(C(C)(C)O)C2C1.[Na+]. The summed E-state index contributed by atoms with van der Waals surface area (Å²) < 4.78 is 5.23. The van der Waals surface area contributed by atoms with Crippen molar-refractivity contribution >= 4 is 23.6 Å². The van der Waals surface area contributed by atoms with Crippen molar-refractivity contribution in [1.82, 2.24) is 4.90 Å². The summed E-state index contributed by atoms with van der Waals surface area (Å²) in [7, 11) is 0. The molecule has 0 aliphatic carbocycles. The van der Waals surface area contributed by atoms with Gasteiger partial charge < -0.3 is 24.6 Å². The number of carbonyl (C=O) groups excluding carboxylic acids is 2. The minimum absolute atomic E-state index is 0. The Morgan fingerprint density at radius 3 is 2.68 bits per heavy atom. The predicted octanol–water partition coefficient (Wildman–Crippen LogP) is -3.28. The first-order chi connectivity index (χ1) is 9.79. The largest absolute Gasteiger partial charge is 1.00 e. The van der Waals surface area contributed by atoms with Gasteiger partial charge in [-0.1, -0.05) is 0 Å². The van der Waals surface area contributed by atoms with Crippen molar-refractivity contribution in [3.8, 4) is 0 Å². The van der Waals surface area contributed by atoms with Crippen molar-refractivity contribution in [2.24, 2.45) is 5.92 Å². The minimum atomic E-state index is -1.33. The molecule has 0 aromatic carbocycles. The number of carbonyl (C=O) groups is 2. The molecule has 1 amide bonds. The second-order valence-corrected chi connectivity index (χ2v) is 6.91. The van der Waals surface area contributed by atoms with Crippen molar-refractivity contribution in [3.05, 3.63) is 10.6 Å². The number of hydrogen-bond donors (Lipinski definition) is 1. The van der Waals surface area contributed by atoms with E-state index in [1.54, 1.807) is 13.8 Å². The number of aliphatic hydroxyl groups is 1. The summed E-state index contributed by atoms with van der Waals surface area (Å²) in [5.41, 5.74) is -1.19. The monoisotopic (exact) mass is 337 g/mol. The number of ether oxygens (including phenoxy) is 1. The van der Waals surface area contributed by atoms with Gasteiger partial charge in [-0.3, -0.25) is 4.79 Å². The van der Waals surface area contributed by atoms with Crippen molar-refractivity contribution in [3.63, 3.8) is 0 Å². The van der Waals surface area contributed by atoms with Crippen LogP contribution >= 0.6 is 11.8 Å². The first-order valence-corrected chi connectivity index (χ1v) is 7.98. The van der Waals surface area contributed by atoms with Crippen LogP contribution in [0, 0.1) is 5.92 Å². The van der Waals surface area contributed by atoms with Crippen molar-refractivity contribution in [1.29, 1.82) is 0 Å². The Balaban J connectivity index is 0.00000242. The van der Waals surface area contributed by atoms with E-state index in [4.69, 9.17) is 4.74 Å². The first kappa shape index (κ1) is 20.0. The molecule has 0 aromatic rings. The number of nitrogens with zero attached hydrogens (tertiary/aromatic N) is 1. The predicted molar refractivity (Wildman–Crippen MR) is 76.0 cm³/mol. The fourth-order valence-electron chi connectivity index (χ4n) is 2.93. The van der Waals surface area contributed by atoms with E-state index < -0.39 is 17.5 Å². The third-order valence-electron chi connectivity index (χ3n) is 3.78. The molecule has 8 heteroatoms. The van der Waals surface area contributed by atoms with Crippen molar-refractivity contribution in [2.75, 3.05) is 19.0 Å². The number of carboxylic acid groups (broad SMARTS) is 1. The van der Waals surface area contributed by atoms with Gasteiger partial charge in [0.1, 0.15) is 0 Å². The molecule has 0 spiro atoms. The first-order valence-electron chi connectivity index (χ1n) is 6.99. The summed E-state index contributed by atoms with van der Waals surface area (Å²) in [5, 5.41) is 21.4. The zero-order valence-corrected chi connectivity index (χ0v) is 16.2. The molecule has 2 atom stereocenters. The van der Waals surface area contributed by atoms with Crippen molar-refractivity contribution < 1.29 is 54.1 Å². The summed E-state index contributed by atoms with van der Waals surface area (Å²) in [6, 6.07) is -0.278. The van der Waals surface area contributed by atoms with E-state index in [9.17, 15) is 19.8 Å². The van der Waals surface area contributed by atoms with E-state index in [0.29, 0.717) is 30.3 Å². The fraction of sp³-hybridized carbons (Fsp3) is 0.714. The maximum Gasteiger partial charge on any atom is 1.00 e. The van der Waals surface area contributed by atoms with Gasteiger partial charge in [0.25, 0.3) is 0 Å². The van der Waals surface area contributed by atoms with Gasteiger partial charge in [0, 0.05) is 23.7 Å². The van der Waals surface area contributed by atoms with Crippen LogP contribution < -0.4 is 34.7 Å². The molecule has 0 aromatic heterocycles. The number of carboxylic acids is 1. The Bertz CT molecular complexity index is 488. The molecule has 118 valence electrons. The molecule has 2 unspecified atom stereocenters. The quantitative estimate of drug-likeness (QED) is 0.298. The van der Waals surface area contributed by atoms with Crippen LogP contribution in [-0.4, -0.2) is 52.5 Å². The number of rotatable bonds is 7. The van der Waals surface area contributed by atoms with Gasteiger partial charge in [0.2, 0.25) is 5.91 Å². The molecule has 0 bridgehead atoms. The van der Waals surface area contributed by atoms with Gasteiger partial charge in [-0.05, 0) is 20.8 Å². The van der Waals surface area contributed by atoms with Gasteiger partial charge in [-0.2, -0.15) is 0 Å². The van der Waals surface area contributed by atoms with E-state index in [0.717, 1.165) is 0 Å². The second kappa shape index (κ2) is 7.68. The third kappa shape index (κ3) is 3.71.